The van der Waals surface area contributed by atoms with Crippen LogP contribution in [0.2, 0.25) is 5.02 Å². The third-order valence-corrected chi connectivity index (χ3v) is 4.07. The Morgan fingerprint density at radius 3 is 2.65 bits per heavy atom. The first-order valence-electron chi connectivity index (χ1n) is 8.00. The van der Waals surface area contributed by atoms with Gasteiger partial charge in [0.25, 0.3) is 5.56 Å². The number of benzene rings is 2. The fraction of sp³-hybridized carbons (Fsp3) is 0.158. The Labute approximate surface area is 153 Å². The van der Waals surface area contributed by atoms with Gasteiger partial charge in [-0.2, -0.15) is 0 Å². The number of ether oxygens (including phenoxy) is 1. The van der Waals surface area contributed by atoms with Crippen molar-refractivity contribution in [2.75, 3.05) is 11.9 Å². The molecule has 0 amide bonds. The minimum Gasteiger partial charge on any atom is -0.462 e. The molecule has 0 aliphatic heterocycles. The molecule has 0 aliphatic rings. The van der Waals surface area contributed by atoms with Gasteiger partial charge in [-0.1, -0.05) is 23.7 Å². The van der Waals surface area contributed by atoms with Crippen LogP contribution in [0.1, 0.15) is 22.8 Å². The molecule has 26 heavy (non-hydrogen) atoms. The molecule has 0 saturated carbocycles. The van der Waals surface area contributed by atoms with Gasteiger partial charge < -0.3 is 15.0 Å². The fourth-order valence-corrected chi connectivity index (χ4v) is 2.82. The van der Waals surface area contributed by atoms with E-state index in [1.165, 1.54) is 12.1 Å². The molecule has 134 valence electrons. The van der Waals surface area contributed by atoms with Crippen LogP contribution in [-0.2, 0) is 11.3 Å². The van der Waals surface area contributed by atoms with Crippen molar-refractivity contribution in [2.24, 2.45) is 0 Å². The average Bonchev–Trinajstić information content (AvgIpc) is 2.60. The van der Waals surface area contributed by atoms with E-state index in [9.17, 15) is 14.0 Å². The Balaban J connectivity index is 2.09. The molecule has 1 aromatic heterocycles. The van der Waals surface area contributed by atoms with Crippen molar-refractivity contribution >= 4 is 34.2 Å². The zero-order chi connectivity index (χ0) is 18.7. The van der Waals surface area contributed by atoms with Crippen molar-refractivity contribution in [3.05, 3.63) is 74.8 Å². The Bertz CT molecular complexity index is 1020. The van der Waals surface area contributed by atoms with Crippen LogP contribution in [0.5, 0.6) is 0 Å². The lowest BCUT2D eigenvalue weighted by Gasteiger charge is -2.14. The van der Waals surface area contributed by atoms with E-state index in [0.717, 1.165) is 5.56 Å². The molecule has 0 fully saturated rings. The highest BCUT2D eigenvalue weighted by Gasteiger charge is 2.20. The SMILES string of the molecule is CCOC(=O)c1c(NCc2ccc(F)cc2)c2ccc(Cl)cc2[nH]c1=O. The summed E-state index contributed by atoms with van der Waals surface area (Å²) in [6.45, 7) is 2.11. The van der Waals surface area contributed by atoms with E-state index in [-0.39, 0.29) is 18.0 Å². The summed E-state index contributed by atoms with van der Waals surface area (Å²) in [5.41, 5.74) is 0.965. The molecule has 0 unspecified atom stereocenters. The smallest absolute Gasteiger partial charge is 0.345 e. The van der Waals surface area contributed by atoms with Gasteiger partial charge in [-0.25, -0.2) is 9.18 Å². The Morgan fingerprint density at radius 2 is 1.96 bits per heavy atom. The van der Waals surface area contributed by atoms with Crippen molar-refractivity contribution < 1.29 is 13.9 Å². The van der Waals surface area contributed by atoms with Crippen LogP contribution in [0.3, 0.4) is 0 Å². The summed E-state index contributed by atoms with van der Waals surface area (Å²) >= 11 is 5.99. The number of hydrogen-bond acceptors (Lipinski definition) is 4. The number of rotatable bonds is 5. The van der Waals surface area contributed by atoms with E-state index in [4.69, 9.17) is 16.3 Å². The van der Waals surface area contributed by atoms with E-state index in [0.29, 0.717) is 28.2 Å². The Kier molecular flexibility index (Phi) is 5.23. The summed E-state index contributed by atoms with van der Waals surface area (Å²) in [5.74, 6) is -1.05. The number of esters is 1. The third-order valence-electron chi connectivity index (χ3n) is 3.84. The molecule has 0 aliphatic carbocycles. The number of aromatic nitrogens is 1. The summed E-state index contributed by atoms with van der Waals surface area (Å²) in [6, 6.07) is 10.9. The van der Waals surface area contributed by atoms with Crippen molar-refractivity contribution in [2.45, 2.75) is 13.5 Å². The molecule has 3 aromatic rings. The van der Waals surface area contributed by atoms with Gasteiger partial charge in [0.15, 0.2) is 0 Å². The Morgan fingerprint density at radius 1 is 1.23 bits per heavy atom. The highest BCUT2D eigenvalue weighted by molar-refractivity contribution is 6.31. The summed E-state index contributed by atoms with van der Waals surface area (Å²) in [5, 5.41) is 4.19. The van der Waals surface area contributed by atoms with Gasteiger partial charge in [0.05, 0.1) is 17.8 Å². The van der Waals surface area contributed by atoms with E-state index < -0.39 is 11.5 Å². The van der Waals surface area contributed by atoms with Crippen molar-refractivity contribution in [1.29, 1.82) is 0 Å². The normalized spacial score (nSPS) is 10.7. The van der Waals surface area contributed by atoms with E-state index >= 15 is 0 Å². The van der Waals surface area contributed by atoms with Crippen LogP contribution < -0.4 is 10.9 Å². The summed E-state index contributed by atoms with van der Waals surface area (Å²) in [4.78, 5) is 27.4. The third kappa shape index (κ3) is 3.70. The lowest BCUT2D eigenvalue weighted by atomic mass is 10.1. The lowest BCUT2D eigenvalue weighted by molar-refractivity contribution is 0.0525. The average molecular weight is 375 g/mol. The molecule has 0 radical (unpaired) electrons. The van der Waals surface area contributed by atoms with Gasteiger partial charge >= 0.3 is 5.97 Å². The summed E-state index contributed by atoms with van der Waals surface area (Å²) < 4.78 is 18.1. The first kappa shape index (κ1) is 17.9. The Hall–Kier alpha value is -2.86. The quantitative estimate of drug-likeness (QED) is 0.659. The second-order valence-corrected chi connectivity index (χ2v) is 6.03. The molecule has 7 heteroatoms. The molecule has 0 saturated heterocycles. The minimum absolute atomic E-state index is 0.108. The second kappa shape index (κ2) is 7.58. The molecule has 2 aromatic carbocycles. The highest BCUT2D eigenvalue weighted by Crippen LogP contribution is 2.27. The van der Waals surface area contributed by atoms with Crippen LogP contribution in [0.4, 0.5) is 10.1 Å². The van der Waals surface area contributed by atoms with E-state index in [2.05, 4.69) is 10.3 Å². The highest BCUT2D eigenvalue weighted by atomic mass is 35.5. The number of carbonyl (C=O) groups excluding carboxylic acids is 1. The number of H-pyrrole nitrogens is 1. The standard InChI is InChI=1S/C19H16ClFN2O3/c1-2-26-19(25)16-17(22-10-11-3-6-13(21)7-4-11)14-8-5-12(20)9-15(14)23-18(16)24/h3-9H,2,10H2,1H3,(H2,22,23,24). The predicted octanol–water partition coefficient (Wildman–Crippen LogP) is 4.11. The number of hydrogen-bond donors (Lipinski definition) is 2. The van der Waals surface area contributed by atoms with Gasteiger partial charge in [-0.05, 0) is 42.8 Å². The van der Waals surface area contributed by atoms with Crippen LogP contribution in [0, 0.1) is 5.82 Å². The zero-order valence-corrected chi connectivity index (χ0v) is 14.7. The van der Waals surface area contributed by atoms with Crippen molar-refractivity contribution in [3.8, 4) is 0 Å². The maximum absolute atomic E-state index is 13.1. The maximum Gasteiger partial charge on any atom is 0.345 e. The first-order chi connectivity index (χ1) is 12.5. The number of halogens is 2. The van der Waals surface area contributed by atoms with Crippen LogP contribution >= 0.6 is 11.6 Å². The van der Waals surface area contributed by atoms with Crippen LogP contribution in [-0.4, -0.2) is 17.6 Å². The number of nitrogens with one attached hydrogen (secondary N) is 2. The number of fused-ring (bicyclic) bond motifs is 1. The van der Waals surface area contributed by atoms with E-state index in [1.807, 2.05) is 0 Å². The molecular weight excluding hydrogens is 359 g/mol. The van der Waals surface area contributed by atoms with Crippen LogP contribution in [0.25, 0.3) is 10.9 Å². The van der Waals surface area contributed by atoms with Gasteiger partial charge in [0.1, 0.15) is 11.4 Å². The van der Waals surface area contributed by atoms with Crippen molar-refractivity contribution in [1.82, 2.24) is 4.98 Å². The molecule has 1 heterocycles. The molecule has 3 rings (SSSR count). The van der Waals surface area contributed by atoms with Gasteiger partial charge in [-0.15, -0.1) is 0 Å². The van der Waals surface area contributed by atoms with Crippen LogP contribution in [0.15, 0.2) is 47.3 Å². The van der Waals surface area contributed by atoms with Gasteiger partial charge in [-0.3, -0.25) is 4.79 Å². The molecule has 5 nitrogen and oxygen atoms in total. The zero-order valence-electron chi connectivity index (χ0n) is 13.9. The number of anilines is 1. The maximum atomic E-state index is 13.1. The number of carbonyl (C=O) groups is 1. The summed E-state index contributed by atoms with van der Waals surface area (Å²) in [7, 11) is 0. The summed E-state index contributed by atoms with van der Waals surface area (Å²) in [6.07, 6.45) is 0. The molecule has 2 N–H and O–H groups in total. The van der Waals surface area contributed by atoms with E-state index in [1.54, 1.807) is 37.3 Å². The topological polar surface area (TPSA) is 71.2 Å². The minimum atomic E-state index is -0.716. The van der Waals surface area contributed by atoms with Gasteiger partial charge in [0.2, 0.25) is 0 Å². The monoisotopic (exact) mass is 374 g/mol. The van der Waals surface area contributed by atoms with Gasteiger partial charge in [0, 0.05) is 17.0 Å². The molecule has 0 atom stereocenters. The second-order valence-electron chi connectivity index (χ2n) is 5.59. The largest absolute Gasteiger partial charge is 0.462 e. The first-order valence-corrected chi connectivity index (χ1v) is 8.38. The fourth-order valence-electron chi connectivity index (χ4n) is 2.65. The predicted molar refractivity (Wildman–Crippen MR) is 99.3 cm³/mol. The molecule has 0 spiro atoms. The molecular formula is C19H16ClFN2O3. The van der Waals surface area contributed by atoms with Crippen molar-refractivity contribution in [3.63, 3.8) is 0 Å². The number of aromatic amines is 1. The number of pyridine rings is 1. The molecule has 0 bridgehead atoms. The lowest BCUT2D eigenvalue weighted by Crippen LogP contribution is -2.23.